The molecule has 0 atom stereocenters. The van der Waals surface area contributed by atoms with Crippen molar-refractivity contribution < 1.29 is 28.5 Å². The van der Waals surface area contributed by atoms with Crippen LogP contribution in [-0.4, -0.2) is 39.1 Å². The highest BCUT2D eigenvalue weighted by Gasteiger charge is 2.31. The van der Waals surface area contributed by atoms with Crippen LogP contribution in [0.1, 0.15) is 71.6 Å². The summed E-state index contributed by atoms with van der Waals surface area (Å²) < 4.78 is 24.6. The number of nitrogens with one attached hydrogen (secondary N) is 1. The van der Waals surface area contributed by atoms with Crippen molar-refractivity contribution in [2.75, 3.05) is 6.54 Å². The van der Waals surface area contributed by atoms with Crippen molar-refractivity contribution in [1.82, 2.24) is 14.9 Å². The molecule has 1 N–H and O–H groups in total. The van der Waals surface area contributed by atoms with Gasteiger partial charge < -0.3 is 28.8 Å². The van der Waals surface area contributed by atoms with Crippen molar-refractivity contribution in [3.8, 4) is 22.9 Å². The number of pyridine rings is 1. The number of carbonyl (C=O) groups excluding carboxylic acids is 2. The summed E-state index contributed by atoms with van der Waals surface area (Å²) in [5.41, 5.74) is 7.66. The molecular formula is C45H45N3O6. The molecule has 276 valence electrons. The third-order valence-corrected chi connectivity index (χ3v) is 9.33. The summed E-state index contributed by atoms with van der Waals surface area (Å²) in [5.74, 6) is -0.0711. The zero-order valence-corrected chi connectivity index (χ0v) is 31.2. The van der Waals surface area contributed by atoms with Gasteiger partial charge in [-0.3, -0.25) is 0 Å². The topological polar surface area (TPSA) is 103 Å². The number of hydrogen-bond acceptors (Lipinski definition) is 7. The number of benzene rings is 4. The lowest BCUT2D eigenvalue weighted by Crippen LogP contribution is -2.39. The van der Waals surface area contributed by atoms with Gasteiger partial charge in [0.2, 0.25) is 5.88 Å². The van der Waals surface area contributed by atoms with Gasteiger partial charge in [-0.15, -0.1) is 0 Å². The van der Waals surface area contributed by atoms with E-state index in [2.05, 4.69) is 17.1 Å². The number of carbonyl (C=O) groups is 2. The predicted octanol–water partition coefficient (Wildman–Crippen LogP) is 9.60. The van der Waals surface area contributed by atoms with Crippen molar-refractivity contribution in [3.63, 3.8) is 0 Å². The molecule has 0 radical (unpaired) electrons. The minimum absolute atomic E-state index is 0.0820. The summed E-state index contributed by atoms with van der Waals surface area (Å²) >= 11 is 0. The fraction of sp³-hybridized carbons (Fsp3) is 0.267. The average Bonchev–Trinajstić information content (AvgIpc) is 3.55. The fourth-order valence-electron chi connectivity index (χ4n) is 6.69. The molecule has 9 nitrogen and oxygen atoms in total. The lowest BCUT2D eigenvalue weighted by Gasteiger charge is -2.30. The monoisotopic (exact) mass is 723 g/mol. The molecule has 1 aliphatic rings. The number of nitrogens with zero attached hydrogens (tertiary/aromatic N) is 2. The van der Waals surface area contributed by atoms with E-state index in [0.29, 0.717) is 37.4 Å². The molecule has 0 saturated carbocycles. The molecule has 0 aliphatic carbocycles. The Morgan fingerprint density at radius 1 is 0.796 bits per heavy atom. The second-order valence-electron chi connectivity index (χ2n) is 14.4. The van der Waals surface area contributed by atoms with Gasteiger partial charge in [0.25, 0.3) is 0 Å². The van der Waals surface area contributed by atoms with Crippen molar-refractivity contribution in [2.24, 2.45) is 0 Å². The molecule has 0 fully saturated rings. The summed E-state index contributed by atoms with van der Waals surface area (Å²) in [5, 5.41) is 1.03. The average molecular weight is 724 g/mol. The molecule has 1 amide bonds. The lowest BCUT2D eigenvalue weighted by atomic mass is 9.98. The van der Waals surface area contributed by atoms with Gasteiger partial charge in [-0.2, -0.15) is 0 Å². The van der Waals surface area contributed by atoms with E-state index in [0.717, 1.165) is 50.0 Å². The molecule has 1 aliphatic heterocycles. The molecule has 9 heteroatoms. The van der Waals surface area contributed by atoms with Gasteiger partial charge in [0.15, 0.2) is 5.56 Å². The van der Waals surface area contributed by atoms with E-state index < -0.39 is 11.6 Å². The van der Waals surface area contributed by atoms with Crippen molar-refractivity contribution in [3.05, 3.63) is 148 Å². The van der Waals surface area contributed by atoms with E-state index in [4.69, 9.17) is 23.9 Å². The summed E-state index contributed by atoms with van der Waals surface area (Å²) in [4.78, 5) is 37.6. The molecule has 3 heterocycles. The Balaban J connectivity index is 1.31. The molecule has 2 aromatic heterocycles. The molecule has 54 heavy (non-hydrogen) atoms. The van der Waals surface area contributed by atoms with Crippen LogP contribution in [0.15, 0.2) is 109 Å². The highest BCUT2D eigenvalue weighted by Crippen LogP contribution is 2.41. The molecule has 0 unspecified atom stereocenters. The Morgan fingerprint density at radius 2 is 1.41 bits per heavy atom. The predicted molar refractivity (Wildman–Crippen MR) is 208 cm³/mol. The Bertz CT molecular complexity index is 2250. The SMILES string of the molecule is CCc1c(-c2ccc3c4c([nH]c3c2)CCN(C(=O)OC(C)(C)C)C4)nc(OCc2ccccc2)c(C(=O)OCc2ccccc2)c1OCc1ccccc1. The Kier molecular flexibility index (Phi) is 10.7. The summed E-state index contributed by atoms with van der Waals surface area (Å²) in [6.45, 7) is 9.17. The van der Waals surface area contributed by atoms with E-state index in [1.54, 1.807) is 4.90 Å². The van der Waals surface area contributed by atoms with Crippen LogP contribution < -0.4 is 9.47 Å². The second-order valence-corrected chi connectivity index (χ2v) is 14.4. The third kappa shape index (κ3) is 8.26. The first-order valence-electron chi connectivity index (χ1n) is 18.4. The van der Waals surface area contributed by atoms with E-state index in [1.807, 2.05) is 125 Å². The summed E-state index contributed by atoms with van der Waals surface area (Å²) in [6, 6.07) is 35.3. The largest absolute Gasteiger partial charge is 0.487 e. The van der Waals surface area contributed by atoms with Crippen LogP contribution in [0.2, 0.25) is 0 Å². The standard InChI is InChI=1S/C45H45N3O6/c1-5-34-40(33-21-22-35-36-26-48(44(50)54-45(2,3)4)24-23-37(36)46-38(35)25-33)47-42(52-28-31-17-11-7-12-18-31)39(41(34)51-27-30-15-9-6-10-16-30)43(49)53-29-32-19-13-8-14-20-32/h6-22,25,46H,5,23-24,26-29H2,1-4H3. The zero-order valence-electron chi connectivity index (χ0n) is 31.2. The Labute approximate surface area is 315 Å². The van der Waals surface area contributed by atoms with E-state index >= 15 is 0 Å². The van der Waals surface area contributed by atoms with Gasteiger partial charge in [-0.05, 0) is 49.9 Å². The third-order valence-electron chi connectivity index (χ3n) is 9.33. The van der Waals surface area contributed by atoms with Gasteiger partial charge in [-0.1, -0.05) is 110 Å². The first-order valence-corrected chi connectivity index (χ1v) is 18.4. The molecule has 0 spiro atoms. The van der Waals surface area contributed by atoms with Crippen LogP contribution in [-0.2, 0) is 48.7 Å². The van der Waals surface area contributed by atoms with Gasteiger partial charge in [0.05, 0.1) is 12.2 Å². The smallest absolute Gasteiger partial charge is 0.410 e. The van der Waals surface area contributed by atoms with Gasteiger partial charge in [0, 0.05) is 46.3 Å². The number of H-pyrrole nitrogens is 1. The molecule has 0 saturated heterocycles. The molecule has 7 rings (SSSR count). The highest BCUT2D eigenvalue weighted by molar-refractivity contribution is 5.97. The Morgan fingerprint density at radius 3 is 2.02 bits per heavy atom. The second kappa shape index (κ2) is 15.9. The van der Waals surface area contributed by atoms with Crippen LogP contribution in [0.4, 0.5) is 4.79 Å². The van der Waals surface area contributed by atoms with Gasteiger partial charge >= 0.3 is 12.1 Å². The quantitative estimate of drug-likeness (QED) is 0.133. The highest BCUT2D eigenvalue weighted by atomic mass is 16.6. The number of fused-ring (bicyclic) bond motifs is 3. The maximum absolute atomic E-state index is 14.2. The van der Waals surface area contributed by atoms with Crippen LogP contribution >= 0.6 is 0 Å². The number of ether oxygens (including phenoxy) is 4. The maximum Gasteiger partial charge on any atom is 0.410 e. The minimum atomic E-state index is -0.583. The first-order chi connectivity index (χ1) is 26.2. The number of aromatic amines is 1. The molecule has 6 aromatic rings. The normalized spacial score (nSPS) is 12.6. The van der Waals surface area contributed by atoms with E-state index in [-0.39, 0.29) is 37.4 Å². The number of hydrogen-bond donors (Lipinski definition) is 1. The Hall–Kier alpha value is -6.09. The van der Waals surface area contributed by atoms with Crippen molar-refractivity contribution in [1.29, 1.82) is 0 Å². The minimum Gasteiger partial charge on any atom is -0.487 e. The number of aromatic nitrogens is 2. The number of rotatable bonds is 11. The van der Waals surface area contributed by atoms with Crippen LogP contribution in [0.5, 0.6) is 11.6 Å². The molecular weight excluding hydrogens is 679 g/mol. The van der Waals surface area contributed by atoms with E-state index in [9.17, 15) is 9.59 Å². The van der Waals surface area contributed by atoms with Crippen molar-refractivity contribution >= 4 is 23.0 Å². The van der Waals surface area contributed by atoms with Gasteiger partial charge in [0.1, 0.15) is 31.2 Å². The molecule has 4 aromatic carbocycles. The summed E-state index contributed by atoms with van der Waals surface area (Å²) in [7, 11) is 0. The van der Waals surface area contributed by atoms with Gasteiger partial charge in [-0.25, -0.2) is 14.6 Å². The van der Waals surface area contributed by atoms with Crippen LogP contribution in [0.25, 0.3) is 22.2 Å². The van der Waals surface area contributed by atoms with Crippen LogP contribution in [0, 0.1) is 0 Å². The fourth-order valence-corrected chi connectivity index (χ4v) is 6.69. The van der Waals surface area contributed by atoms with E-state index in [1.165, 1.54) is 0 Å². The lowest BCUT2D eigenvalue weighted by molar-refractivity contribution is 0.0224. The first kappa shape index (κ1) is 36.3. The molecule has 0 bridgehead atoms. The summed E-state index contributed by atoms with van der Waals surface area (Å²) in [6.07, 6.45) is 0.893. The number of esters is 1. The van der Waals surface area contributed by atoms with Crippen molar-refractivity contribution in [2.45, 2.75) is 72.5 Å². The number of amides is 1. The van der Waals surface area contributed by atoms with Crippen LogP contribution in [0.3, 0.4) is 0 Å². The maximum atomic E-state index is 14.2. The zero-order chi connectivity index (χ0) is 37.7.